The molecule has 4 nitrogen and oxygen atoms in total. The summed E-state index contributed by atoms with van der Waals surface area (Å²) in [6.45, 7) is 3.23. The zero-order valence-corrected chi connectivity index (χ0v) is 12.8. The van der Waals surface area contributed by atoms with E-state index in [4.69, 9.17) is 8.85 Å². The highest BCUT2D eigenvalue weighted by molar-refractivity contribution is 6.76. The van der Waals surface area contributed by atoms with Gasteiger partial charge in [0, 0.05) is 24.5 Å². The Morgan fingerprint density at radius 2 is 1.10 bits per heavy atom. The van der Waals surface area contributed by atoms with E-state index in [1.165, 1.54) is 11.4 Å². The van der Waals surface area contributed by atoms with E-state index < -0.39 is 8.88 Å². The lowest BCUT2D eigenvalue weighted by Crippen LogP contribution is -2.63. The highest BCUT2D eigenvalue weighted by Crippen LogP contribution is 2.35. The number of nitrogens with zero attached hydrogens (tertiary/aromatic N) is 2. The Bertz CT molecular complexity index is 553. The molecule has 2 aliphatic rings. The Balaban J connectivity index is 1.74. The van der Waals surface area contributed by atoms with Crippen LogP contribution in [0.15, 0.2) is 60.7 Å². The molecule has 2 fully saturated rings. The van der Waals surface area contributed by atoms with Crippen molar-refractivity contribution in [3.8, 4) is 0 Å². The Morgan fingerprint density at radius 1 is 0.667 bits per heavy atom. The normalized spacial score (nSPS) is 20.4. The van der Waals surface area contributed by atoms with Crippen LogP contribution in [0.1, 0.15) is 0 Å². The molecule has 0 radical (unpaired) electrons. The highest BCUT2D eigenvalue weighted by Gasteiger charge is 2.59. The number of hydrogen-bond acceptors (Lipinski definition) is 4. The molecule has 2 aromatic rings. The molecule has 0 aromatic heterocycles. The third-order valence-corrected chi connectivity index (χ3v) is 7.52. The van der Waals surface area contributed by atoms with Crippen LogP contribution in [-0.4, -0.2) is 35.2 Å². The summed E-state index contributed by atoms with van der Waals surface area (Å²) in [5.41, 5.74) is 2.37. The summed E-state index contributed by atoms with van der Waals surface area (Å²) in [6, 6.07) is 20.9. The SMILES string of the molecule is c1ccc(N2CCO[Si]23OCCN3c2ccccc2)cc1. The average molecular weight is 298 g/mol. The van der Waals surface area contributed by atoms with Gasteiger partial charge in [-0.15, -0.1) is 0 Å². The minimum atomic E-state index is -2.54. The van der Waals surface area contributed by atoms with Crippen LogP contribution in [-0.2, 0) is 8.85 Å². The largest absolute Gasteiger partial charge is 0.589 e. The Kier molecular flexibility index (Phi) is 3.18. The summed E-state index contributed by atoms with van der Waals surface area (Å²) in [4.78, 5) is 0. The number of anilines is 2. The fourth-order valence-corrected chi connectivity index (χ4v) is 6.53. The fraction of sp³-hybridized carbons (Fsp3) is 0.250. The molecule has 0 bridgehead atoms. The summed E-state index contributed by atoms with van der Waals surface area (Å²) < 4.78 is 17.1. The second-order valence-corrected chi connectivity index (χ2v) is 7.97. The van der Waals surface area contributed by atoms with Gasteiger partial charge in [0.2, 0.25) is 0 Å². The van der Waals surface area contributed by atoms with Crippen molar-refractivity contribution in [3.63, 3.8) is 0 Å². The molecule has 2 aromatic carbocycles. The molecule has 0 amide bonds. The summed E-state index contributed by atoms with van der Waals surface area (Å²) in [5.74, 6) is 0. The summed E-state index contributed by atoms with van der Waals surface area (Å²) in [6.07, 6.45) is 0. The van der Waals surface area contributed by atoms with E-state index in [9.17, 15) is 0 Å². The van der Waals surface area contributed by atoms with E-state index in [0.717, 1.165) is 26.3 Å². The third-order valence-electron chi connectivity index (χ3n) is 4.03. The van der Waals surface area contributed by atoms with Crippen molar-refractivity contribution in [3.05, 3.63) is 60.7 Å². The van der Waals surface area contributed by atoms with Gasteiger partial charge in [0.1, 0.15) is 0 Å². The van der Waals surface area contributed by atoms with Crippen LogP contribution in [0.4, 0.5) is 11.4 Å². The van der Waals surface area contributed by atoms with Gasteiger partial charge in [-0.1, -0.05) is 36.4 Å². The van der Waals surface area contributed by atoms with E-state index in [-0.39, 0.29) is 0 Å². The van der Waals surface area contributed by atoms with Crippen molar-refractivity contribution in [2.45, 2.75) is 0 Å². The standard InChI is InChI=1S/C16H18N2O2Si/c1-3-7-15(8-4-1)17-11-13-19-21(17)18(12-14-20-21)16-9-5-2-6-10-16/h1-10H,11-14H2. The topological polar surface area (TPSA) is 24.9 Å². The molecule has 4 rings (SSSR count). The summed E-state index contributed by atoms with van der Waals surface area (Å²) >= 11 is 0. The van der Waals surface area contributed by atoms with Crippen LogP contribution in [0.5, 0.6) is 0 Å². The predicted molar refractivity (Wildman–Crippen MR) is 85.2 cm³/mol. The van der Waals surface area contributed by atoms with Crippen LogP contribution in [0, 0.1) is 0 Å². The highest BCUT2D eigenvalue weighted by atomic mass is 28.4. The second kappa shape index (κ2) is 5.18. The van der Waals surface area contributed by atoms with Crippen molar-refractivity contribution in [1.29, 1.82) is 0 Å². The third kappa shape index (κ3) is 2.05. The molecule has 21 heavy (non-hydrogen) atoms. The number of rotatable bonds is 2. The molecule has 108 valence electrons. The minimum absolute atomic E-state index is 0.727. The molecule has 0 saturated carbocycles. The van der Waals surface area contributed by atoms with Crippen LogP contribution >= 0.6 is 0 Å². The maximum atomic E-state index is 6.20. The van der Waals surface area contributed by atoms with Gasteiger partial charge in [-0.05, 0) is 24.3 Å². The lowest BCUT2D eigenvalue weighted by Gasteiger charge is -2.36. The van der Waals surface area contributed by atoms with E-state index in [1.54, 1.807) is 0 Å². The number of para-hydroxylation sites is 2. The minimum Gasteiger partial charge on any atom is -0.360 e. The van der Waals surface area contributed by atoms with Crippen LogP contribution < -0.4 is 9.13 Å². The Labute approximate surface area is 125 Å². The van der Waals surface area contributed by atoms with Gasteiger partial charge in [0.25, 0.3) is 0 Å². The summed E-state index contributed by atoms with van der Waals surface area (Å²) in [5, 5.41) is 0. The van der Waals surface area contributed by atoms with Gasteiger partial charge in [-0.3, -0.25) is 0 Å². The maximum absolute atomic E-state index is 6.20. The first-order chi connectivity index (χ1) is 10.4. The van der Waals surface area contributed by atoms with Gasteiger partial charge < -0.3 is 18.0 Å². The van der Waals surface area contributed by atoms with Gasteiger partial charge in [0.05, 0.1) is 13.2 Å². The van der Waals surface area contributed by atoms with Gasteiger partial charge in [-0.2, -0.15) is 0 Å². The van der Waals surface area contributed by atoms with Crippen molar-refractivity contribution >= 4 is 20.3 Å². The molecule has 1 spiro atoms. The summed E-state index contributed by atoms with van der Waals surface area (Å²) in [7, 11) is -2.54. The Hall–Kier alpha value is -1.82. The van der Waals surface area contributed by atoms with E-state index in [1.807, 2.05) is 12.1 Å². The molecule has 0 aliphatic carbocycles. The van der Waals surface area contributed by atoms with Gasteiger partial charge in [-0.25, -0.2) is 0 Å². The quantitative estimate of drug-likeness (QED) is 0.795. The van der Waals surface area contributed by atoms with E-state index in [0.29, 0.717) is 0 Å². The van der Waals surface area contributed by atoms with Crippen LogP contribution in [0.25, 0.3) is 0 Å². The van der Waals surface area contributed by atoms with Crippen molar-refractivity contribution in [2.75, 3.05) is 35.4 Å². The first kappa shape index (κ1) is 12.9. The first-order valence-corrected chi connectivity index (χ1v) is 9.04. The molecule has 2 aliphatic heterocycles. The van der Waals surface area contributed by atoms with Crippen molar-refractivity contribution in [1.82, 2.24) is 0 Å². The monoisotopic (exact) mass is 298 g/mol. The molecular formula is C16H18N2O2Si. The first-order valence-electron chi connectivity index (χ1n) is 7.33. The van der Waals surface area contributed by atoms with Gasteiger partial charge in [0.15, 0.2) is 0 Å². The molecular weight excluding hydrogens is 280 g/mol. The lowest BCUT2D eigenvalue weighted by molar-refractivity contribution is 0.232. The molecule has 0 atom stereocenters. The smallest absolute Gasteiger partial charge is 0.360 e. The molecule has 0 unspecified atom stereocenters. The van der Waals surface area contributed by atoms with Crippen molar-refractivity contribution in [2.24, 2.45) is 0 Å². The maximum Gasteiger partial charge on any atom is 0.589 e. The molecule has 2 saturated heterocycles. The van der Waals surface area contributed by atoms with E-state index in [2.05, 4.69) is 57.7 Å². The predicted octanol–water partition coefficient (Wildman–Crippen LogP) is 2.50. The van der Waals surface area contributed by atoms with Crippen LogP contribution in [0.2, 0.25) is 0 Å². The van der Waals surface area contributed by atoms with Gasteiger partial charge >= 0.3 is 8.88 Å². The fourth-order valence-electron chi connectivity index (χ4n) is 3.12. The molecule has 0 N–H and O–H groups in total. The average Bonchev–Trinajstić information content (AvgIpc) is 3.17. The Morgan fingerprint density at radius 3 is 1.52 bits per heavy atom. The zero-order valence-electron chi connectivity index (χ0n) is 11.8. The van der Waals surface area contributed by atoms with Crippen LogP contribution in [0.3, 0.4) is 0 Å². The number of benzene rings is 2. The lowest BCUT2D eigenvalue weighted by atomic mass is 10.3. The molecule has 5 heteroatoms. The zero-order chi connectivity index (χ0) is 14.1. The van der Waals surface area contributed by atoms with Crippen molar-refractivity contribution < 1.29 is 8.85 Å². The molecule has 2 heterocycles. The number of hydrogen-bond donors (Lipinski definition) is 0. The second-order valence-electron chi connectivity index (χ2n) is 5.22. The van der Waals surface area contributed by atoms with E-state index >= 15 is 0 Å².